The molecule has 0 unspecified atom stereocenters. The van der Waals surface area contributed by atoms with Crippen molar-refractivity contribution < 1.29 is 9.21 Å². The number of pyridine rings is 1. The van der Waals surface area contributed by atoms with Crippen molar-refractivity contribution in [1.29, 1.82) is 0 Å². The number of thiocarbonyl (C=S) groups is 1. The number of carbonyl (C=O) groups excluding carboxylic acids is 1. The van der Waals surface area contributed by atoms with E-state index in [1.54, 1.807) is 18.3 Å². The predicted molar refractivity (Wildman–Crippen MR) is 152 cm³/mol. The smallest absolute Gasteiger partial charge is 0.226 e. The number of furan rings is 1. The van der Waals surface area contributed by atoms with E-state index in [-0.39, 0.29) is 23.9 Å². The van der Waals surface area contributed by atoms with Gasteiger partial charge in [0.05, 0.1) is 22.4 Å². The molecule has 5 rings (SSSR count). The van der Waals surface area contributed by atoms with E-state index in [4.69, 9.17) is 39.8 Å². The summed E-state index contributed by atoms with van der Waals surface area (Å²) in [7, 11) is 0. The van der Waals surface area contributed by atoms with Crippen LogP contribution in [0, 0.1) is 5.92 Å². The molecular weight excluding hydrogens is 527 g/mol. The van der Waals surface area contributed by atoms with Crippen LogP contribution < -0.4 is 15.5 Å². The first-order valence-electron chi connectivity index (χ1n) is 11.8. The van der Waals surface area contributed by atoms with E-state index in [0.717, 1.165) is 16.9 Å². The molecule has 0 aliphatic carbocycles. The maximum atomic E-state index is 12.2. The van der Waals surface area contributed by atoms with Gasteiger partial charge in [0.1, 0.15) is 17.6 Å². The number of aromatic nitrogens is 1. The Balaban J connectivity index is 1.54. The molecule has 1 aliphatic heterocycles. The quantitative estimate of drug-likeness (QED) is 0.243. The highest BCUT2D eigenvalue weighted by Gasteiger charge is 2.42. The van der Waals surface area contributed by atoms with Gasteiger partial charge in [-0.05, 0) is 78.9 Å². The Morgan fingerprint density at radius 2 is 1.86 bits per heavy atom. The van der Waals surface area contributed by atoms with Crippen molar-refractivity contribution in [3.8, 4) is 11.3 Å². The number of nitrogens with one attached hydrogen (secondary N) is 2. The number of rotatable bonds is 6. The number of benzene rings is 2. The molecule has 1 fully saturated rings. The molecule has 3 heterocycles. The lowest BCUT2D eigenvalue weighted by Crippen LogP contribution is -2.29. The number of nitrogens with zero attached hydrogens (tertiary/aromatic N) is 2. The second kappa shape index (κ2) is 10.5. The van der Waals surface area contributed by atoms with Crippen LogP contribution in [0.15, 0.2) is 83.4 Å². The van der Waals surface area contributed by atoms with Crippen molar-refractivity contribution in [3.05, 3.63) is 100 Å². The van der Waals surface area contributed by atoms with Crippen molar-refractivity contribution in [2.24, 2.45) is 5.92 Å². The largest absolute Gasteiger partial charge is 0.459 e. The maximum absolute atomic E-state index is 12.2. The monoisotopic (exact) mass is 550 g/mol. The molecule has 0 bridgehead atoms. The van der Waals surface area contributed by atoms with Gasteiger partial charge in [-0.2, -0.15) is 0 Å². The summed E-state index contributed by atoms with van der Waals surface area (Å²) in [4.78, 5) is 18.7. The van der Waals surface area contributed by atoms with Crippen LogP contribution in [0.1, 0.15) is 37.4 Å². The summed E-state index contributed by atoms with van der Waals surface area (Å²) in [5.74, 6) is 1.16. The molecule has 0 spiro atoms. The normalized spacial score (nSPS) is 17.2. The van der Waals surface area contributed by atoms with E-state index < -0.39 is 0 Å². The van der Waals surface area contributed by atoms with Gasteiger partial charge in [-0.15, -0.1) is 0 Å². The zero-order valence-electron chi connectivity index (χ0n) is 20.1. The molecule has 2 atom stereocenters. The van der Waals surface area contributed by atoms with Gasteiger partial charge >= 0.3 is 0 Å². The molecule has 9 heteroatoms. The molecule has 0 saturated carbocycles. The predicted octanol–water partition coefficient (Wildman–Crippen LogP) is 7.42. The minimum Gasteiger partial charge on any atom is -0.459 e. The summed E-state index contributed by atoms with van der Waals surface area (Å²) in [5.41, 5.74) is 3.05. The highest BCUT2D eigenvalue weighted by atomic mass is 35.5. The number of hydrogen-bond donors (Lipinski definition) is 2. The zero-order valence-corrected chi connectivity index (χ0v) is 22.4. The van der Waals surface area contributed by atoms with Crippen LogP contribution in [-0.2, 0) is 4.79 Å². The third-order valence-electron chi connectivity index (χ3n) is 6.16. The fourth-order valence-electron chi connectivity index (χ4n) is 4.24. The van der Waals surface area contributed by atoms with Crippen LogP contribution in [0.25, 0.3) is 11.3 Å². The van der Waals surface area contributed by atoms with Crippen molar-refractivity contribution >= 4 is 57.8 Å². The van der Waals surface area contributed by atoms with Crippen LogP contribution in [0.5, 0.6) is 0 Å². The molecule has 1 saturated heterocycles. The first-order valence-corrected chi connectivity index (χ1v) is 12.9. The first-order chi connectivity index (χ1) is 17.8. The number of halogens is 2. The van der Waals surface area contributed by atoms with Crippen LogP contribution >= 0.6 is 35.4 Å². The van der Waals surface area contributed by atoms with E-state index in [9.17, 15) is 4.79 Å². The number of hydrogen-bond acceptors (Lipinski definition) is 4. The highest BCUT2D eigenvalue weighted by molar-refractivity contribution is 7.80. The molecule has 2 N–H and O–H groups in total. The summed E-state index contributed by atoms with van der Waals surface area (Å²) < 4.78 is 6.38. The lowest BCUT2D eigenvalue weighted by molar-refractivity contribution is -0.118. The van der Waals surface area contributed by atoms with Crippen molar-refractivity contribution in [2.75, 3.05) is 10.2 Å². The van der Waals surface area contributed by atoms with Crippen molar-refractivity contribution in [2.45, 2.75) is 25.9 Å². The summed E-state index contributed by atoms with van der Waals surface area (Å²) in [5, 5.41) is 7.86. The average Bonchev–Trinajstić information content (AvgIpc) is 3.51. The maximum Gasteiger partial charge on any atom is 0.226 e. The summed E-state index contributed by atoms with van der Waals surface area (Å²) in [6.45, 7) is 3.66. The summed E-state index contributed by atoms with van der Waals surface area (Å²) >= 11 is 18.5. The van der Waals surface area contributed by atoms with E-state index in [0.29, 0.717) is 32.4 Å². The van der Waals surface area contributed by atoms with E-state index >= 15 is 0 Å². The molecule has 37 heavy (non-hydrogen) atoms. The Kier molecular flexibility index (Phi) is 7.20. The van der Waals surface area contributed by atoms with Crippen LogP contribution in [0.4, 0.5) is 11.4 Å². The first kappa shape index (κ1) is 25.3. The van der Waals surface area contributed by atoms with Gasteiger partial charge in [-0.25, -0.2) is 0 Å². The molecule has 1 aliphatic rings. The van der Waals surface area contributed by atoms with E-state index in [2.05, 4.69) is 15.6 Å². The third kappa shape index (κ3) is 5.21. The van der Waals surface area contributed by atoms with Crippen molar-refractivity contribution in [1.82, 2.24) is 10.3 Å². The molecule has 1 amide bonds. The fraction of sp³-hybridized carbons (Fsp3) is 0.179. The molecule has 2 aromatic carbocycles. The number of carbonyl (C=O) groups is 1. The second-order valence-electron chi connectivity index (χ2n) is 9.01. The Labute approximate surface area is 230 Å². The number of anilines is 2. The summed E-state index contributed by atoms with van der Waals surface area (Å²) in [6, 6.07) is 22.0. The van der Waals surface area contributed by atoms with Gasteiger partial charge in [0.25, 0.3) is 0 Å². The van der Waals surface area contributed by atoms with E-state index in [1.165, 1.54) is 0 Å². The Morgan fingerprint density at radius 3 is 2.54 bits per heavy atom. The van der Waals surface area contributed by atoms with Gasteiger partial charge in [0.2, 0.25) is 5.91 Å². The van der Waals surface area contributed by atoms with Gasteiger partial charge in [0.15, 0.2) is 5.11 Å². The second-order valence-corrected chi connectivity index (χ2v) is 10.2. The Bertz CT molecular complexity index is 1440. The lowest BCUT2D eigenvalue weighted by atomic mass is 10.0. The summed E-state index contributed by atoms with van der Waals surface area (Å²) in [6.07, 6.45) is 1.75. The third-order valence-corrected chi connectivity index (χ3v) is 7.04. The van der Waals surface area contributed by atoms with Crippen molar-refractivity contribution in [3.63, 3.8) is 0 Å². The Hall–Kier alpha value is -3.39. The SMILES string of the molecule is CC(C)C(=O)Nc1ccc(N2C(=S)N[C@@H](c3ccccn3)[C@H]2c2ccc(-c3ccc(Cl)cc3)o2)cc1Cl. The van der Waals surface area contributed by atoms with Gasteiger partial charge < -0.3 is 20.0 Å². The molecule has 0 radical (unpaired) electrons. The molecule has 4 aromatic rings. The minimum atomic E-state index is -0.337. The van der Waals surface area contributed by atoms with Crippen LogP contribution in [0.2, 0.25) is 10.0 Å². The minimum absolute atomic E-state index is 0.105. The van der Waals surface area contributed by atoms with Crippen LogP contribution in [-0.4, -0.2) is 16.0 Å². The fourth-order valence-corrected chi connectivity index (χ4v) is 4.93. The zero-order chi connectivity index (χ0) is 26.1. The lowest BCUT2D eigenvalue weighted by Gasteiger charge is -2.26. The van der Waals surface area contributed by atoms with Gasteiger partial charge in [-0.3, -0.25) is 9.78 Å². The van der Waals surface area contributed by atoms with E-state index in [1.807, 2.05) is 79.4 Å². The van der Waals surface area contributed by atoms with Gasteiger partial charge in [-0.1, -0.05) is 43.1 Å². The van der Waals surface area contributed by atoms with Gasteiger partial charge in [0, 0.05) is 28.4 Å². The van der Waals surface area contributed by atoms with Crippen LogP contribution in [0.3, 0.4) is 0 Å². The topological polar surface area (TPSA) is 70.4 Å². The molecule has 2 aromatic heterocycles. The average molecular weight is 551 g/mol. The number of amides is 1. The molecular formula is C28H24Cl2N4O2S. The Morgan fingerprint density at radius 1 is 1.08 bits per heavy atom. The molecule has 188 valence electrons. The molecule has 6 nitrogen and oxygen atoms in total. The highest BCUT2D eigenvalue weighted by Crippen LogP contribution is 2.44. The standard InChI is InChI=1S/C28H24Cl2N4O2S/c1-16(2)27(35)32-21-11-10-19(15-20(21)30)34-26(25(33-28(34)37)22-5-3-4-14-31-22)24-13-12-23(36-24)17-6-8-18(29)9-7-17/h3-16,25-26H,1-2H3,(H,32,35)(H,33,37)/t25-,26+/m0/s1.